The molecule has 1 aliphatic carbocycles. The topological polar surface area (TPSA) is 70.7 Å². The molecular weight excluding hydrogens is 384 g/mol. The zero-order valence-electron chi connectivity index (χ0n) is 18.5. The summed E-state index contributed by atoms with van der Waals surface area (Å²) in [5.74, 6) is -0.135. The predicted molar refractivity (Wildman–Crippen MR) is 125 cm³/mol. The van der Waals surface area contributed by atoms with E-state index in [0.29, 0.717) is 5.57 Å². The summed E-state index contributed by atoms with van der Waals surface area (Å²) in [5, 5.41) is 12.5. The number of nitriles is 1. The van der Waals surface area contributed by atoms with Gasteiger partial charge in [0.2, 0.25) is 5.91 Å². The molecule has 0 saturated heterocycles. The van der Waals surface area contributed by atoms with Gasteiger partial charge in [0.1, 0.15) is 0 Å². The van der Waals surface area contributed by atoms with Gasteiger partial charge in [0.25, 0.3) is 0 Å². The lowest BCUT2D eigenvalue weighted by Crippen LogP contribution is -2.25. The number of carbonyl (C=O) groups excluding carboxylic acids is 1. The van der Waals surface area contributed by atoms with Crippen molar-refractivity contribution in [3.05, 3.63) is 102 Å². The van der Waals surface area contributed by atoms with E-state index < -0.39 is 0 Å². The number of aryl methyl sites for hydroxylation is 1. The van der Waals surface area contributed by atoms with Gasteiger partial charge in [-0.3, -0.25) is 4.79 Å². The number of carbonyl (C=O) groups is 1. The van der Waals surface area contributed by atoms with Crippen LogP contribution in [-0.4, -0.2) is 15.5 Å². The third kappa shape index (κ3) is 6.68. The van der Waals surface area contributed by atoms with E-state index in [1.54, 1.807) is 30.8 Å². The van der Waals surface area contributed by atoms with Crippen LogP contribution in [0.25, 0.3) is 0 Å². The number of nitrogens with zero attached hydrogens (tertiary/aromatic N) is 3. The van der Waals surface area contributed by atoms with E-state index in [2.05, 4.69) is 35.1 Å². The Balaban J connectivity index is 0.00000166. The minimum atomic E-state index is -0.161. The molecule has 1 amide bonds. The van der Waals surface area contributed by atoms with Crippen LogP contribution in [0.15, 0.2) is 91.1 Å². The van der Waals surface area contributed by atoms with Crippen molar-refractivity contribution in [1.82, 2.24) is 14.9 Å². The van der Waals surface area contributed by atoms with Crippen molar-refractivity contribution >= 4 is 5.91 Å². The highest BCUT2D eigenvalue weighted by molar-refractivity contribution is 5.88. The molecule has 0 aliphatic heterocycles. The number of fused-ring (bicyclic) bond motifs is 1. The Morgan fingerprint density at radius 3 is 2.81 bits per heavy atom. The van der Waals surface area contributed by atoms with E-state index >= 15 is 0 Å². The van der Waals surface area contributed by atoms with Crippen LogP contribution in [0.2, 0.25) is 0 Å². The molecular formula is C26H30N4O. The van der Waals surface area contributed by atoms with Crippen LogP contribution in [0.5, 0.6) is 0 Å². The fraction of sp³-hybridized carbons (Fsp3) is 0.269. The molecule has 0 fully saturated rings. The SMILES string of the molecule is C=CC(C=C(C#N)/C=C(C)/C=C/C(=O)NC1CCc2ccccc21)n1ccnc1.CC. The first kappa shape index (κ1) is 23.6. The highest BCUT2D eigenvalue weighted by Gasteiger charge is 2.22. The molecule has 2 unspecified atom stereocenters. The average Bonchev–Trinajstić information content (AvgIpc) is 3.47. The molecule has 1 aromatic carbocycles. The smallest absolute Gasteiger partial charge is 0.244 e. The van der Waals surface area contributed by atoms with Gasteiger partial charge in [-0.25, -0.2) is 4.98 Å². The first-order valence-electron chi connectivity index (χ1n) is 10.6. The Bertz CT molecular complexity index is 1010. The van der Waals surface area contributed by atoms with Crippen LogP contribution in [0.4, 0.5) is 0 Å². The molecule has 31 heavy (non-hydrogen) atoms. The normalized spacial score (nSPS) is 16.6. The quantitative estimate of drug-likeness (QED) is 0.286. The first-order chi connectivity index (χ1) is 15.1. The van der Waals surface area contributed by atoms with Crippen molar-refractivity contribution in [2.24, 2.45) is 0 Å². The second-order valence-corrected chi connectivity index (χ2v) is 6.99. The summed E-state index contributed by atoms with van der Waals surface area (Å²) in [6.07, 6.45) is 15.6. The average molecular weight is 415 g/mol. The number of hydrogen-bond donors (Lipinski definition) is 1. The fourth-order valence-corrected chi connectivity index (χ4v) is 3.45. The number of nitrogens with one attached hydrogen (secondary N) is 1. The van der Waals surface area contributed by atoms with Gasteiger partial charge in [0.05, 0.1) is 30.1 Å². The monoisotopic (exact) mass is 414 g/mol. The van der Waals surface area contributed by atoms with Gasteiger partial charge in [-0.05, 0) is 48.6 Å². The lowest BCUT2D eigenvalue weighted by Gasteiger charge is -2.12. The zero-order chi connectivity index (χ0) is 22.6. The molecule has 0 spiro atoms. The Hall–Kier alpha value is -3.65. The van der Waals surface area contributed by atoms with Gasteiger partial charge in [-0.1, -0.05) is 50.3 Å². The Morgan fingerprint density at radius 1 is 1.35 bits per heavy atom. The molecule has 5 heteroatoms. The molecule has 2 atom stereocenters. The lowest BCUT2D eigenvalue weighted by molar-refractivity contribution is -0.117. The van der Waals surface area contributed by atoms with Gasteiger partial charge < -0.3 is 9.88 Å². The van der Waals surface area contributed by atoms with Gasteiger partial charge >= 0.3 is 0 Å². The lowest BCUT2D eigenvalue weighted by atomic mass is 10.1. The number of rotatable bonds is 7. The standard InChI is InChI=1S/C24H24N4O.C2H6/c1-3-21(28-13-12-26-17-28)15-19(16-25)14-18(2)8-11-24(29)27-23-10-9-20-6-4-5-7-22(20)23;1-2/h3-8,11-15,17,21,23H,1,9-10H2,2H3,(H,27,29);1-2H3/b11-8+,18-14+,19-15?;. The van der Waals surface area contributed by atoms with Crippen LogP contribution in [0.3, 0.4) is 0 Å². The number of hydrogen-bond acceptors (Lipinski definition) is 3. The number of benzene rings is 1. The van der Waals surface area contributed by atoms with Crippen molar-refractivity contribution in [1.29, 1.82) is 5.26 Å². The zero-order valence-corrected chi connectivity index (χ0v) is 18.5. The maximum atomic E-state index is 12.3. The van der Waals surface area contributed by atoms with Crippen molar-refractivity contribution in [3.63, 3.8) is 0 Å². The summed E-state index contributed by atoms with van der Waals surface area (Å²) in [5.41, 5.74) is 3.81. The maximum Gasteiger partial charge on any atom is 0.244 e. The summed E-state index contributed by atoms with van der Waals surface area (Å²) in [6, 6.07) is 10.3. The second-order valence-electron chi connectivity index (χ2n) is 6.99. The second kappa shape index (κ2) is 12.1. The summed E-state index contributed by atoms with van der Waals surface area (Å²) in [6.45, 7) is 9.68. The van der Waals surface area contributed by atoms with E-state index in [9.17, 15) is 10.1 Å². The summed E-state index contributed by atoms with van der Waals surface area (Å²) >= 11 is 0. The van der Waals surface area contributed by atoms with Gasteiger partial charge in [-0.2, -0.15) is 5.26 Å². The van der Waals surface area contributed by atoms with E-state index in [-0.39, 0.29) is 18.0 Å². The summed E-state index contributed by atoms with van der Waals surface area (Å²) in [4.78, 5) is 16.3. The minimum absolute atomic E-state index is 0.0609. The third-order valence-electron chi connectivity index (χ3n) is 4.92. The van der Waals surface area contributed by atoms with Crippen LogP contribution in [-0.2, 0) is 11.2 Å². The fourth-order valence-electron chi connectivity index (χ4n) is 3.45. The van der Waals surface area contributed by atoms with Crippen molar-refractivity contribution in [2.75, 3.05) is 0 Å². The highest BCUT2D eigenvalue weighted by Crippen LogP contribution is 2.30. The van der Waals surface area contributed by atoms with Crippen molar-refractivity contribution in [2.45, 2.75) is 45.7 Å². The van der Waals surface area contributed by atoms with E-state index in [4.69, 9.17) is 0 Å². The van der Waals surface area contributed by atoms with Crippen LogP contribution >= 0.6 is 0 Å². The number of allylic oxidation sites excluding steroid dienone is 6. The van der Waals surface area contributed by atoms with Crippen molar-refractivity contribution < 1.29 is 4.79 Å². The van der Waals surface area contributed by atoms with Gasteiger partial charge in [0.15, 0.2) is 0 Å². The molecule has 0 radical (unpaired) electrons. The first-order valence-corrected chi connectivity index (χ1v) is 10.6. The third-order valence-corrected chi connectivity index (χ3v) is 4.92. The Labute approximate surface area is 185 Å². The molecule has 1 N–H and O–H groups in total. The minimum Gasteiger partial charge on any atom is -0.346 e. The van der Waals surface area contributed by atoms with Gasteiger partial charge in [-0.15, -0.1) is 6.58 Å². The molecule has 1 aromatic heterocycles. The molecule has 0 saturated carbocycles. The number of imidazole rings is 1. The molecule has 0 bridgehead atoms. The van der Waals surface area contributed by atoms with Crippen LogP contribution < -0.4 is 5.32 Å². The summed E-state index contributed by atoms with van der Waals surface area (Å²) < 4.78 is 1.86. The number of aromatic nitrogens is 2. The largest absolute Gasteiger partial charge is 0.346 e. The molecule has 1 aliphatic rings. The Morgan fingerprint density at radius 2 is 2.13 bits per heavy atom. The Kier molecular flexibility index (Phi) is 9.25. The highest BCUT2D eigenvalue weighted by atomic mass is 16.1. The molecule has 5 nitrogen and oxygen atoms in total. The molecule has 160 valence electrons. The summed E-state index contributed by atoms with van der Waals surface area (Å²) in [7, 11) is 0. The van der Waals surface area contributed by atoms with E-state index in [0.717, 1.165) is 18.4 Å². The van der Waals surface area contributed by atoms with E-state index in [1.165, 1.54) is 17.2 Å². The molecule has 1 heterocycles. The molecule has 2 aromatic rings. The van der Waals surface area contributed by atoms with Crippen molar-refractivity contribution in [3.8, 4) is 6.07 Å². The van der Waals surface area contributed by atoms with Crippen LogP contribution in [0.1, 0.15) is 50.4 Å². The van der Waals surface area contributed by atoms with Gasteiger partial charge in [0, 0.05) is 18.5 Å². The van der Waals surface area contributed by atoms with E-state index in [1.807, 2.05) is 49.7 Å². The number of amides is 1. The predicted octanol–water partition coefficient (Wildman–Crippen LogP) is 5.39. The molecule has 3 rings (SSSR count). The van der Waals surface area contributed by atoms with Crippen LogP contribution in [0, 0.1) is 11.3 Å². The maximum absolute atomic E-state index is 12.3.